The number of nitrogens with zero attached hydrogens (tertiary/aromatic N) is 1. The van der Waals surface area contributed by atoms with Crippen LogP contribution in [0.3, 0.4) is 0 Å². The van der Waals surface area contributed by atoms with Crippen LogP contribution in [-0.4, -0.2) is 46.0 Å². The molecule has 3 N–H and O–H groups in total. The Morgan fingerprint density at radius 1 is 1.29 bits per heavy atom. The van der Waals surface area contributed by atoms with Crippen molar-refractivity contribution < 1.29 is 19.0 Å². The molecule has 0 radical (unpaired) electrons. The van der Waals surface area contributed by atoms with Gasteiger partial charge in [0.05, 0.1) is 12.1 Å². The number of halogens is 1. The molecule has 1 fully saturated rings. The molecule has 6 nitrogen and oxygen atoms in total. The third kappa shape index (κ3) is 6.13. The SMILES string of the molecule is CC(=O)N[C@@H](Cc1ccccc1)[C@H](O)CN[C@H]1CC2(CCC2)Oc2ncc(CC(C)(C)F)cc21. The van der Waals surface area contributed by atoms with Gasteiger partial charge in [-0.3, -0.25) is 4.79 Å². The van der Waals surface area contributed by atoms with E-state index in [2.05, 4.69) is 15.6 Å². The molecular weight excluding hydrogens is 433 g/mol. The van der Waals surface area contributed by atoms with E-state index in [1.54, 1.807) is 20.0 Å². The van der Waals surface area contributed by atoms with Crippen LogP contribution in [0.2, 0.25) is 0 Å². The lowest BCUT2D eigenvalue weighted by Gasteiger charge is -2.47. The van der Waals surface area contributed by atoms with E-state index in [4.69, 9.17) is 4.74 Å². The molecule has 1 aliphatic heterocycles. The second kappa shape index (κ2) is 10.0. The van der Waals surface area contributed by atoms with Crippen LogP contribution in [0.15, 0.2) is 42.6 Å². The zero-order chi connectivity index (χ0) is 24.3. The Balaban J connectivity index is 1.50. The fourth-order valence-electron chi connectivity index (χ4n) is 5.04. The molecule has 1 aromatic heterocycles. The molecule has 1 amide bonds. The number of hydrogen-bond donors (Lipinski definition) is 3. The number of aliphatic hydroxyl groups excluding tert-OH is 1. The van der Waals surface area contributed by atoms with Gasteiger partial charge in [-0.15, -0.1) is 0 Å². The van der Waals surface area contributed by atoms with Crippen molar-refractivity contribution in [3.8, 4) is 5.88 Å². The van der Waals surface area contributed by atoms with Crippen molar-refractivity contribution in [1.29, 1.82) is 0 Å². The summed E-state index contributed by atoms with van der Waals surface area (Å²) in [6.45, 7) is 4.89. The van der Waals surface area contributed by atoms with Crippen molar-refractivity contribution in [3.05, 3.63) is 59.3 Å². The van der Waals surface area contributed by atoms with Crippen molar-refractivity contribution >= 4 is 5.91 Å². The van der Waals surface area contributed by atoms with Crippen molar-refractivity contribution in [2.24, 2.45) is 0 Å². The molecule has 1 spiro atoms. The summed E-state index contributed by atoms with van der Waals surface area (Å²) in [5.74, 6) is 0.425. The van der Waals surface area contributed by atoms with E-state index in [1.165, 1.54) is 6.92 Å². The van der Waals surface area contributed by atoms with Crippen LogP contribution in [0.5, 0.6) is 5.88 Å². The molecule has 0 unspecified atom stereocenters. The van der Waals surface area contributed by atoms with Gasteiger partial charge in [-0.1, -0.05) is 30.3 Å². The summed E-state index contributed by atoms with van der Waals surface area (Å²) in [6, 6.07) is 11.3. The molecule has 2 aromatic rings. The Morgan fingerprint density at radius 2 is 2.03 bits per heavy atom. The third-order valence-electron chi connectivity index (χ3n) is 6.81. The minimum Gasteiger partial charge on any atom is -0.471 e. The number of aliphatic hydroxyl groups is 1. The van der Waals surface area contributed by atoms with Crippen LogP contribution in [0.1, 0.15) is 69.2 Å². The second-order valence-corrected chi connectivity index (χ2v) is 10.5. The minimum absolute atomic E-state index is 0.0661. The Morgan fingerprint density at radius 3 is 2.65 bits per heavy atom. The Hall–Kier alpha value is -2.51. The number of ether oxygens (including phenoxy) is 1. The molecule has 1 aromatic carbocycles. The van der Waals surface area contributed by atoms with Crippen LogP contribution in [-0.2, 0) is 17.6 Å². The zero-order valence-corrected chi connectivity index (χ0v) is 20.3. The molecule has 0 saturated heterocycles. The number of benzene rings is 1. The average Bonchev–Trinajstić information content (AvgIpc) is 2.75. The maximum absolute atomic E-state index is 14.3. The van der Waals surface area contributed by atoms with Crippen LogP contribution in [0.25, 0.3) is 0 Å². The van der Waals surface area contributed by atoms with Gasteiger partial charge in [-0.05, 0) is 56.7 Å². The summed E-state index contributed by atoms with van der Waals surface area (Å²) in [5, 5.41) is 17.4. The first kappa shape index (κ1) is 24.6. The highest BCUT2D eigenvalue weighted by Gasteiger charge is 2.46. The molecule has 34 heavy (non-hydrogen) atoms. The molecular formula is C27H36FN3O3. The van der Waals surface area contributed by atoms with E-state index in [1.807, 2.05) is 36.4 Å². The van der Waals surface area contributed by atoms with E-state index in [-0.39, 0.29) is 24.0 Å². The number of pyridine rings is 1. The van der Waals surface area contributed by atoms with Crippen LogP contribution in [0.4, 0.5) is 4.39 Å². The predicted molar refractivity (Wildman–Crippen MR) is 129 cm³/mol. The van der Waals surface area contributed by atoms with Gasteiger partial charge in [0.15, 0.2) is 0 Å². The van der Waals surface area contributed by atoms with Gasteiger partial charge in [-0.25, -0.2) is 9.37 Å². The van der Waals surface area contributed by atoms with Crippen molar-refractivity contribution in [2.75, 3.05) is 6.54 Å². The van der Waals surface area contributed by atoms with Gasteiger partial charge in [0.25, 0.3) is 0 Å². The number of alkyl halides is 1. The van der Waals surface area contributed by atoms with Crippen LogP contribution >= 0.6 is 0 Å². The van der Waals surface area contributed by atoms with Gasteiger partial charge < -0.3 is 20.5 Å². The van der Waals surface area contributed by atoms with E-state index >= 15 is 0 Å². The monoisotopic (exact) mass is 469 g/mol. The zero-order valence-electron chi connectivity index (χ0n) is 20.3. The average molecular weight is 470 g/mol. The third-order valence-corrected chi connectivity index (χ3v) is 6.81. The minimum atomic E-state index is -1.33. The highest BCUT2D eigenvalue weighted by Crippen LogP contribution is 2.48. The van der Waals surface area contributed by atoms with Crippen molar-refractivity contribution in [1.82, 2.24) is 15.6 Å². The first-order valence-corrected chi connectivity index (χ1v) is 12.2. The summed E-state index contributed by atoms with van der Waals surface area (Å²) in [6.07, 6.45) is 5.60. The van der Waals surface area contributed by atoms with E-state index in [0.717, 1.165) is 42.4 Å². The standard InChI is InChI=1S/C27H36FN3O3/c1-18(32)31-22(13-19-8-5-4-6-9-19)24(33)17-29-23-15-27(10-7-11-27)34-25-21(23)12-20(16-30-25)14-26(2,3)28/h4-6,8-9,12,16,22-24,29,33H,7,10-11,13-15,17H2,1-3H3,(H,31,32)/t22-,23-,24+/m0/s1. The smallest absolute Gasteiger partial charge is 0.218 e. The number of rotatable bonds is 9. The molecule has 1 saturated carbocycles. The molecule has 7 heteroatoms. The maximum Gasteiger partial charge on any atom is 0.218 e. The summed E-state index contributed by atoms with van der Waals surface area (Å²) in [4.78, 5) is 16.3. The lowest BCUT2D eigenvalue weighted by atomic mass is 9.73. The number of fused-ring (bicyclic) bond motifs is 1. The normalized spacial score (nSPS) is 20.6. The Bertz CT molecular complexity index is 988. The van der Waals surface area contributed by atoms with Gasteiger partial charge >= 0.3 is 0 Å². The molecule has 2 aliphatic rings. The van der Waals surface area contributed by atoms with E-state index in [9.17, 15) is 14.3 Å². The van der Waals surface area contributed by atoms with Crippen molar-refractivity contribution in [3.63, 3.8) is 0 Å². The highest BCUT2D eigenvalue weighted by atomic mass is 19.1. The molecule has 184 valence electrons. The topological polar surface area (TPSA) is 83.5 Å². The maximum atomic E-state index is 14.3. The Labute approximate surface area is 201 Å². The number of aromatic nitrogens is 1. The number of hydrogen-bond acceptors (Lipinski definition) is 5. The summed E-state index contributed by atoms with van der Waals surface area (Å²) < 4.78 is 20.6. The molecule has 1 aliphatic carbocycles. The summed E-state index contributed by atoms with van der Waals surface area (Å²) in [5.41, 5.74) is 1.23. The van der Waals surface area contributed by atoms with Crippen LogP contribution < -0.4 is 15.4 Å². The molecule has 0 bridgehead atoms. The van der Waals surface area contributed by atoms with Crippen LogP contribution in [0, 0.1) is 0 Å². The fraction of sp³-hybridized carbons (Fsp3) is 0.556. The summed E-state index contributed by atoms with van der Waals surface area (Å²) >= 11 is 0. The van der Waals surface area contributed by atoms with E-state index in [0.29, 0.717) is 18.8 Å². The van der Waals surface area contributed by atoms with E-state index < -0.39 is 17.8 Å². The van der Waals surface area contributed by atoms with Gasteiger partial charge in [-0.2, -0.15) is 0 Å². The predicted octanol–water partition coefficient (Wildman–Crippen LogP) is 3.82. The number of amides is 1. The van der Waals surface area contributed by atoms with Gasteiger partial charge in [0, 0.05) is 44.1 Å². The first-order valence-electron chi connectivity index (χ1n) is 12.2. The molecule has 2 heterocycles. The Kier molecular flexibility index (Phi) is 7.24. The first-order chi connectivity index (χ1) is 16.1. The lowest BCUT2D eigenvalue weighted by molar-refractivity contribution is -0.120. The quantitative estimate of drug-likeness (QED) is 0.520. The largest absolute Gasteiger partial charge is 0.471 e. The number of carbonyl (C=O) groups is 1. The molecule has 3 atom stereocenters. The number of carbonyl (C=O) groups excluding carboxylic acids is 1. The van der Waals surface area contributed by atoms with Gasteiger partial charge in [0.2, 0.25) is 11.8 Å². The van der Waals surface area contributed by atoms with Gasteiger partial charge in [0.1, 0.15) is 11.3 Å². The lowest BCUT2D eigenvalue weighted by Crippen LogP contribution is -2.52. The highest BCUT2D eigenvalue weighted by molar-refractivity contribution is 5.73. The summed E-state index contributed by atoms with van der Waals surface area (Å²) in [7, 11) is 0. The second-order valence-electron chi connectivity index (χ2n) is 10.5. The molecule has 4 rings (SSSR count). The fourth-order valence-corrected chi connectivity index (χ4v) is 5.04. The number of nitrogens with one attached hydrogen (secondary N) is 2. The van der Waals surface area contributed by atoms with Crippen molar-refractivity contribution in [2.45, 2.75) is 88.8 Å².